The molecule has 0 radical (unpaired) electrons. The normalized spacial score (nSPS) is 12.5. The van der Waals surface area contributed by atoms with Gasteiger partial charge in [-0.15, -0.1) is 10.2 Å². The number of hydrogen-bond donors (Lipinski definition) is 2. The van der Waals surface area contributed by atoms with Crippen molar-refractivity contribution >= 4 is 17.4 Å². The third-order valence-corrected chi connectivity index (χ3v) is 2.90. The van der Waals surface area contributed by atoms with Crippen LogP contribution in [-0.4, -0.2) is 36.7 Å². The van der Waals surface area contributed by atoms with Crippen LogP contribution in [0.3, 0.4) is 0 Å². The average molecular weight is 263 g/mol. The number of carboxylic acid groups (broad SMARTS) is 1. The summed E-state index contributed by atoms with van der Waals surface area (Å²) in [6.07, 6.45) is 5.16. The summed E-state index contributed by atoms with van der Waals surface area (Å²) in [6, 6.07) is -0.154. The van der Waals surface area contributed by atoms with E-state index < -0.39 is 5.97 Å². The van der Waals surface area contributed by atoms with Crippen LogP contribution in [0.2, 0.25) is 0 Å². The number of carbonyl (C=O) groups is 1. The van der Waals surface area contributed by atoms with Crippen molar-refractivity contribution in [3.8, 4) is 0 Å². The summed E-state index contributed by atoms with van der Waals surface area (Å²) in [4.78, 5) is 15.1. The fourth-order valence-electron chi connectivity index (χ4n) is 2.02. The molecule has 2 aromatic rings. The number of aromatic nitrogens is 4. The molecule has 0 saturated carbocycles. The van der Waals surface area contributed by atoms with E-state index in [1.807, 2.05) is 18.2 Å². The molecule has 0 aliphatic carbocycles. The van der Waals surface area contributed by atoms with Gasteiger partial charge in [-0.25, -0.2) is 4.98 Å². The fraction of sp³-hybridized carbons (Fsp3) is 0.500. The molecule has 7 nitrogen and oxygen atoms in total. The Labute approximate surface area is 110 Å². The molecule has 2 rings (SSSR count). The zero-order valence-corrected chi connectivity index (χ0v) is 11.0. The van der Waals surface area contributed by atoms with Crippen molar-refractivity contribution in [2.45, 2.75) is 39.2 Å². The maximum atomic E-state index is 10.8. The maximum Gasteiger partial charge on any atom is 0.305 e. The average Bonchev–Trinajstić information content (AvgIpc) is 2.72. The summed E-state index contributed by atoms with van der Waals surface area (Å²) in [5, 5.41) is 20.1. The molecule has 19 heavy (non-hydrogen) atoms. The second-order valence-corrected chi connectivity index (χ2v) is 4.44. The van der Waals surface area contributed by atoms with Crippen LogP contribution >= 0.6 is 0 Å². The van der Waals surface area contributed by atoms with Crippen LogP contribution < -0.4 is 5.32 Å². The minimum Gasteiger partial charge on any atom is -0.481 e. The molecule has 0 bridgehead atoms. The van der Waals surface area contributed by atoms with E-state index in [0.29, 0.717) is 11.5 Å². The standard InChI is InChI=1S/C12H17N5O2/c1-3-4-9(7-10(18)19)14-11-12-16-15-8(2)17(12)6-5-13-11/h5-6,9H,3-4,7H2,1-2H3,(H,13,14)(H,18,19). The molecule has 0 aromatic carbocycles. The van der Waals surface area contributed by atoms with Gasteiger partial charge in [-0.3, -0.25) is 9.20 Å². The lowest BCUT2D eigenvalue weighted by atomic mass is 10.1. The van der Waals surface area contributed by atoms with Gasteiger partial charge in [-0.1, -0.05) is 13.3 Å². The lowest BCUT2D eigenvalue weighted by molar-refractivity contribution is -0.137. The predicted molar refractivity (Wildman–Crippen MR) is 70.1 cm³/mol. The van der Waals surface area contributed by atoms with E-state index in [4.69, 9.17) is 5.11 Å². The Hall–Kier alpha value is -2.18. The van der Waals surface area contributed by atoms with Crippen molar-refractivity contribution in [2.75, 3.05) is 5.32 Å². The monoisotopic (exact) mass is 263 g/mol. The molecule has 2 N–H and O–H groups in total. The van der Waals surface area contributed by atoms with Gasteiger partial charge in [0.15, 0.2) is 5.82 Å². The summed E-state index contributed by atoms with van der Waals surface area (Å²) < 4.78 is 1.82. The van der Waals surface area contributed by atoms with E-state index in [1.54, 1.807) is 12.4 Å². The molecular formula is C12H17N5O2. The van der Waals surface area contributed by atoms with Crippen LogP contribution in [0.15, 0.2) is 12.4 Å². The van der Waals surface area contributed by atoms with Crippen molar-refractivity contribution in [1.29, 1.82) is 0 Å². The van der Waals surface area contributed by atoms with Gasteiger partial charge in [0.05, 0.1) is 6.42 Å². The first kappa shape index (κ1) is 13.3. The van der Waals surface area contributed by atoms with Gasteiger partial charge < -0.3 is 10.4 Å². The van der Waals surface area contributed by atoms with E-state index >= 15 is 0 Å². The zero-order valence-electron chi connectivity index (χ0n) is 11.0. The van der Waals surface area contributed by atoms with Gasteiger partial charge in [0.25, 0.3) is 0 Å². The summed E-state index contributed by atoms with van der Waals surface area (Å²) in [7, 11) is 0. The number of nitrogens with one attached hydrogen (secondary N) is 1. The van der Waals surface area contributed by atoms with Crippen LogP contribution in [0.25, 0.3) is 5.65 Å². The van der Waals surface area contributed by atoms with Crippen LogP contribution in [-0.2, 0) is 4.79 Å². The summed E-state index contributed by atoms with van der Waals surface area (Å²) in [5.74, 6) is 0.518. The van der Waals surface area contributed by atoms with Gasteiger partial charge in [-0.2, -0.15) is 0 Å². The SMILES string of the molecule is CCCC(CC(=O)O)Nc1nccn2c(C)nnc12. The first-order chi connectivity index (χ1) is 9.11. The van der Waals surface area contributed by atoms with Crippen LogP contribution in [0.1, 0.15) is 32.0 Å². The van der Waals surface area contributed by atoms with E-state index in [2.05, 4.69) is 20.5 Å². The molecule has 102 valence electrons. The Morgan fingerprint density at radius 3 is 3.00 bits per heavy atom. The lowest BCUT2D eigenvalue weighted by Gasteiger charge is -2.16. The number of aryl methyl sites for hydroxylation is 1. The molecule has 2 aromatic heterocycles. The van der Waals surface area contributed by atoms with Crippen molar-refractivity contribution in [3.05, 3.63) is 18.2 Å². The Bertz CT molecular complexity index is 581. The number of hydrogen-bond acceptors (Lipinski definition) is 5. The highest BCUT2D eigenvalue weighted by Gasteiger charge is 2.15. The molecule has 0 saturated heterocycles. The van der Waals surface area contributed by atoms with Gasteiger partial charge in [0.1, 0.15) is 5.82 Å². The third-order valence-electron chi connectivity index (χ3n) is 2.90. The number of nitrogens with zero attached hydrogens (tertiary/aromatic N) is 4. The van der Waals surface area contributed by atoms with Gasteiger partial charge >= 0.3 is 5.97 Å². The predicted octanol–water partition coefficient (Wildman–Crippen LogP) is 1.49. The summed E-state index contributed by atoms with van der Waals surface area (Å²) >= 11 is 0. The molecule has 0 spiro atoms. The Kier molecular flexibility index (Phi) is 3.94. The summed E-state index contributed by atoms with van der Waals surface area (Å²) in [6.45, 7) is 3.87. The molecular weight excluding hydrogens is 246 g/mol. The summed E-state index contributed by atoms with van der Waals surface area (Å²) in [5.41, 5.74) is 0.617. The fourth-order valence-corrected chi connectivity index (χ4v) is 2.02. The van der Waals surface area contributed by atoms with Crippen molar-refractivity contribution in [1.82, 2.24) is 19.6 Å². The third kappa shape index (κ3) is 2.98. The van der Waals surface area contributed by atoms with Crippen LogP contribution in [0, 0.1) is 6.92 Å². The van der Waals surface area contributed by atoms with E-state index in [-0.39, 0.29) is 12.5 Å². The van der Waals surface area contributed by atoms with Gasteiger partial charge in [-0.05, 0) is 13.3 Å². The number of aliphatic carboxylic acids is 1. The quantitative estimate of drug-likeness (QED) is 0.820. The van der Waals surface area contributed by atoms with Crippen molar-refractivity contribution < 1.29 is 9.90 Å². The Morgan fingerprint density at radius 2 is 2.32 bits per heavy atom. The molecule has 0 aliphatic heterocycles. The molecule has 0 amide bonds. The highest BCUT2D eigenvalue weighted by atomic mass is 16.4. The van der Waals surface area contributed by atoms with E-state index in [0.717, 1.165) is 18.7 Å². The maximum absolute atomic E-state index is 10.8. The number of fused-ring (bicyclic) bond motifs is 1. The first-order valence-corrected chi connectivity index (χ1v) is 6.26. The van der Waals surface area contributed by atoms with Gasteiger partial charge in [0.2, 0.25) is 5.65 Å². The second kappa shape index (κ2) is 5.64. The first-order valence-electron chi connectivity index (χ1n) is 6.26. The molecule has 1 unspecified atom stereocenters. The minimum absolute atomic E-state index is 0.0592. The molecule has 0 fully saturated rings. The topological polar surface area (TPSA) is 92.4 Å². The van der Waals surface area contributed by atoms with Crippen molar-refractivity contribution in [2.24, 2.45) is 0 Å². The second-order valence-electron chi connectivity index (χ2n) is 4.44. The van der Waals surface area contributed by atoms with Crippen molar-refractivity contribution in [3.63, 3.8) is 0 Å². The number of carboxylic acids is 1. The lowest BCUT2D eigenvalue weighted by Crippen LogP contribution is -2.24. The Morgan fingerprint density at radius 1 is 1.53 bits per heavy atom. The van der Waals surface area contributed by atoms with Crippen LogP contribution in [0.4, 0.5) is 5.82 Å². The Balaban J connectivity index is 2.25. The highest BCUT2D eigenvalue weighted by molar-refractivity contribution is 5.69. The molecule has 0 aliphatic rings. The molecule has 1 atom stereocenters. The molecule has 2 heterocycles. The smallest absolute Gasteiger partial charge is 0.305 e. The number of anilines is 1. The zero-order chi connectivity index (χ0) is 13.8. The highest BCUT2D eigenvalue weighted by Crippen LogP contribution is 2.16. The number of rotatable bonds is 6. The van der Waals surface area contributed by atoms with E-state index in [1.165, 1.54) is 0 Å². The minimum atomic E-state index is -0.824. The van der Waals surface area contributed by atoms with E-state index in [9.17, 15) is 4.79 Å². The van der Waals surface area contributed by atoms with Crippen LogP contribution in [0.5, 0.6) is 0 Å². The van der Waals surface area contributed by atoms with Gasteiger partial charge in [0, 0.05) is 18.4 Å². The molecule has 7 heteroatoms. The largest absolute Gasteiger partial charge is 0.481 e.